The summed E-state index contributed by atoms with van der Waals surface area (Å²) < 4.78 is 5.99. The molecular weight excluding hydrogens is 362 g/mol. The number of aromatic nitrogens is 3. The number of methoxy groups -OCH3 is 1. The SMILES string of the molecule is COc1ccc(/C=N/Nc2nnc(C(C)(C)C)c(=O)[nH]2)cc1Br. The molecule has 0 saturated carbocycles. The van der Waals surface area contributed by atoms with Gasteiger partial charge in [-0.25, -0.2) is 5.43 Å². The van der Waals surface area contributed by atoms with Crippen LogP contribution in [0.15, 0.2) is 32.6 Å². The van der Waals surface area contributed by atoms with E-state index in [0.29, 0.717) is 5.69 Å². The summed E-state index contributed by atoms with van der Waals surface area (Å²) in [6.45, 7) is 5.71. The Morgan fingerprint density at radius 3 is 2.65 bits per heavy atom. The van der Waals surface area contributed by atoms with Crippen LogP contribution in [-0.4, -0.2) is 28.5 Å². The Morgan fingerprint density at radius 1 is 1.35 bits per heavy atom. The molecule has 0 aliphatic rings. The number of hydrazone groups is 1. The van der Waals surface area contributed by atoms with Gasteiger partial charge in [0.2, 0.25) is 5.95 Å². The highest BCUT2D eigenvalue weighted by molar-refractivity contribution is 9.10. The van der Waals surface area contributed by atoms with Crippen LogP contribution in [0.5, 0.6) is 5.75 Å². The second-order valence-electron chi connectivity index (χ2n) is 5.87. The van der Waals surface area contributed by atoms with Gasteiger partial charge in [0.05, 0.1) is 17.8 Å². The molecule has 8 heteroatoms. The Hall–Kier alpha value is -2.22. The average Bonchev–Trinajstić information content (AvgIpc) is 2.46. The molecule has 0 spiro atoms. The summed E-state index contributed by atoms with van der Waals surface area (Å²) >= 11 is 3.40. The van der Waals surface area contributed by atoms with Crippen molar-refractivity contribution in [3.8, 4) is 5.75 Å². The first-order valence-corrected chi connectivity index (χ1v) is 7.70. The number of nitrogens with one attached hydrogen (secondary N) is 2. The molecule has 1 aromatic carbocycles. The molecule has 0 aliphatic carbocycles. The molecule has 0 radical (unpaired) electrons. The first-order valence-electron chi connectivity index (χ1n) is 6.91. The third-order valence-electron chi connectivity index (χ3n) is 2.97. The lowest BCUT2D eigenvalue weighted by Crippen LogP contribution is -2.28. The van der Waals surface area contributed by atoms with Gasteiger partial charge in [-0.05, 0) is 39.7 Å². The minimum Gasteiger partial charge on any atom is -0.496 e. The van der Waals surface area contributed by atoms with Crippen molar-refractivity contribution in [3.05, 3.63) is 44.3 Å². The monoisotopic (exact) mass is 379 g/mol. The van der Waals surface area contributed by atoms with Crippen molar-refractivity contribution in [1.82, 2.24) is 15.2 Å². The molecule has 0 fully saturated rings. The first-order chi connectivity index (χ1) is 10.8. The van der Waals surface area contributed by atoms with Crippen LogP contribution in [0.3, 0.4) is 0 Å². The molecule has 122 valence electrons. The average molecular weight is 380 g/mol. The summed E-state index contributed by atoms with van der Waals surface area (Å²) in [5, 5.41) is 11.9. The maximum Gasteiger partial charge on any atom is 0.274 e. The van der Waals surface area contributed by atoms with Crippen LogP contribution in [0.25, 0.3) is 0 Å². The molecule has 1 aromatic heterocycles. The van der Waals surface area contributed by atoms with Gasteiger partial charge in [-0.15, -0.1) is 10.2 Å². The zero-order valence-corrected chi connectivity index (χ0v) is 14.9. The van der Waals surface area contributed by atoms with E-state index in [1.54, 1.807) is 13.3 Å². The predicted molar refractivity (Wildman–Crippen MR) is 93.3 cm³/mol. The molecule has 0 aliphatic heterocycles. The third-order valence-corrected chi connectivity index (χ3v) is 3.59. The van der Waals surface area contributed by atoms with E-state index in [1.165, 1.54) is 0 Å². The van der Waals surface area contributed by atoms with Gasteiger partial charge < -0.3 is 4.74 Å². The number of aromatic amines is 1. The van der Waals surface area contributed by atoms with Crippen LogP contribution in [0.4, 0.5) is 5.95 Å². The number of anilines is 1. The second-order valence-corrected chi connectivity index (χ2v) is 6.72. The molecule has 0 bridgehead atoms. The summed E-state index contributed by atoms with van der Waals surface area (Å²) in [6, 6.07) is 5.54. The van der Waals surface area contributed by atoms with E-state index in [4.69, 9.17) is 4.74 Å². The minimum absolute atomic E-state index is 0.187. The van der Waals surface area contributed by atoms with Crippen LogP contribution >= 0.6 is 15.9 Å². The number of nitrogens with zero attached hydrogens (tertiary/aromatic N) is 3. The smallest absolute Gasteiger partial charge is 0.274 e. The van der Waals surface area contributed by atoms with E-state index in [0.717, 1.165) is 15.8 Å². The van der Waals surface area contributed by atoms with Crippen molar-refractivity contribution in [1.29, 1.82) is 0 Å². The van der Waals surface area contributed by atoms with Crippen LogP contribution in [0, 0.1) is 0 Å². The van der Waals surface area contributed by atoms with Crippen LogP contribution in [-0.2, 0) is 5.41 Å². The van der Waals surface area contributed by atoms with E-state index in [2.05, 4.69) is 41.6 Å². The second kappa shape index (κ2) is 6.91. The molecule has 2 aromatic rings. The normalized spacial score (nSPS) is 11.7. The van der Waals surface area contributed by atoms with Crippen molar-refractivity contribution < 1.29 is 4.74 Å². The number of hydrogen-bond acceptors (Lipinski definition) is 6. The molecule has 0 amide bonds. The zero-order valence-electron chi connectivity index (χ0n) is 13.3. The summed E-state index contributed by atoms with van der Waals surface area (Å²) in [4.78, 5) is 14.6. The largest absolute Gasteiger partial charge is 0.496 e. The van der Waals surface area contributed by atoms with Crippen LogP contribution in [0.1, 0.15) is 32.0 Å². The molecule has 23 heavy (non-hydrogen) atoms. The lowest BCUT2D eigenvalue weighted by atomic mass is 9.93. The standard InChI is InChI=1S/C15H18BrN5O2/c1-15(2,3)12-13(22)18-14(21-19-12)20-17-8-9-5-6-11(23-4)10(16)7-9/h5-8H,1-4H3,(H2,18,20,21,22)/b17-8+. The number of H-pyrrole nitrogens is 1. The van der Waals surface area contributed by atoms with Gasteiger partial charge in [0, 0.05) is 5.41 Å². The van der Waals surface area contributed by atoms with E-state index in [1.807, 2.05) is 39.0 Å². The van der Waals surface area contributed by atoms with E-state index < -0.39 is 0 Å². The van der Waals surface area contributed by atoms with Crippen molar-refractivity contribution >= 4 is 28.1 Å². The van der Waals surface area contributed by atoms with Gasteiger partial charge >= 0.3 is 0 Å². The van der Waals surface area contributed by atoms with Crippen molar-refractivity contribution in [2.75, 3.05) is 12.5 Å². The molecule has 2 rings (SSSR count). The Morgan fingerprint density at radius 2 is 2.09 bits per heavy atom. The number of hydrogen-bond donors (Lipinski definition) is 2. The number of rotatable bonds is 4. The number of ether oxygens (including phenoxy) is 1. The fourth-order valence-corrected chi connectivity index (χ4v) is 2.37. The zero-order chi connectivity index (χ0) is 17.0. The van der Waals surface area contributed by atoms with Gasteiger partial charge in [0.1, 0.15) is 11.4 Å². The lowest BCUT2D eigenvalue weighted by molar-refractivity contribution is 0.412. The van der Waals surface area contributed by atoms with Gasteiger partial charge in [0.15, 0.2) is 0 Å². The Labute approximate surface area is 142 Å². The van der Waals surface area contributed by atoms with Crippen molar-refractivity contribution in [2.45, 2.75) is 26.2 Å². The fourth-order valence-electron chi connectivity index (χ4n) is 1.81. The van der Waals surface area contributed by atoms with Gasteiger partial charge in [-0.3, -0.25) is 9.78 Å². The molecule has 2 N–H and O–H groups in total. The summed E-state index contributed by atoms with van der Waals surface area (Å²) in [7, 11) is 1.60. The topological polar surface area (TPSA) is 92.3 Å². The van der Waals surface area contributed by atoms with E-state index in [-0.39, 0.29) is 16.9 Å². The maximum atomic E-state index is 12.0. The van der Waals surface area contributed by atoms with Gasteiger partial charge in [-0.1, -0.05) is 20.8 Å². The van der Waals surface area contributed by atoms with Crippen LogP contribution < -0.4 is 15.7 Å². The minimum atomic E-state index is -0.363. The number of halogens is 1. The molecule has 0 unspecified atom stereocenters. The molecule has 0 saturated heterocycles. The number of benzene rings is 1. The quantitative estimate of drug-likeness (QED) is 0.629. The predicted octanol–water partition coefficient (Wildman–Crippen LogP) is 2.68. The van der Waals surface area contributed by atoms with Crippen molar-refractivity contribution in [2.24, 2.45) is 5.10 Å². The summed E-state index contributed by atoms with van der Waals surface area (Å²) in [5.74, 6) is 0.926. The molecule has 0 atom stereocenters. The van der Waals surface area contributed by atoms with Crippen molar-refractivity contribution in [3.63, 3.8) is 0 Å². The highest BCUT2D eigenvalue weighted by Gasteiger charge is 2.20. The molecular formula is C15H18BrN5O2. The molecule has 7 nitrogen and oxygen atoms in total. The summed E-state index contributed by atoms with van der Waals surface area (Å²) in [6.07, 6.45) is 1.60. The van der Waals surface area contributed by atoms with Crippen LogP contribution in [0.2, 0.25) is 0 Å². The summed E-state index contributed by atoms with van der Waals surface area (Å²) in [5.41, 5.74) is 3.25. The maximum absolute atomic E-state index is 12.0. The highest BCUT2D eigenvalue weighted by atomic mass is 79.9. The lowest BCUT2D eigenvalue weighted by Gasteiger charge is -2.15. The Kier molecular flexibility index (Phi) is 5.15. The van der Waals surface area contributed by atoms with Gasteiger partial charge in [0.25, 0.3) is 5.56 Å². The Balaban J connectivity index is 2.10. The first kappa shape index (κ1) is 17.1. The highest BCUT2D eigenvalue weighted by Crippen LogP contribution is 2.24. The van der Waals surface area contributed by atoms with E-state index >= 15 is 0 Å². The molecule has 1 heterocycles. The Bertz CT molecular complexity index is 780. The van der Waals surface area contributed by atoms with Gasteiger partial charge in [-0.2, -0.15) is 5.10 Å². The van der Waals surface area contributed by atoms with E-state index in [9.17, 15) is 4.79 Å². The third kappa shape index (κ3) is 4.38. The fraction of sp³-hybridized carbons (Fsp3) is 0.333.